The first-order chi connectivity index (χ1) is 8.52. The summed E-state index contributed by atoms with van der Waals surface area (Å²) in [5, 5.41) is 11.3. The van der Waals surface area contributed by atoms with Gasteiger partial charge in [0.1, 0.15) is 6.04 Å². The Morgan fingerprint density at radius 1 is 1.22 bits per heavy atom. The van der Waals surface area contributed by atoms with Gasteiger partial charge >= 0.3 is 5.97 Å². The van der Waals surface area contributed by atoms with Crippen LogP contribution in [0.25, 0.3) is 10.8 Å². The molecule has 2 atom stereocenters. The van der Waals surface area contributed by atoms with Crippen molar-refractivity contribution in [3.63, 3.8) is 0 Å². The van der Waals surface area contributed by atoms with Gasteiger partial charge in [0, 0.05) is 5.92 Å². The fourth-order valence-electron chi connectivity index (χ4n) is 2.40. The number of carbonyl (C=O) groups is 1. The number of rotatable bonds is 3. The van der Waals surface area contributed by atoms with Crippen LogP contribution in [0.3, 0.4) is 0 Å². The highest BCUT2D eigenvalue weighted by Gasteiger charge is 2.24. The summed E-state index contributed by atoms with van der Waals surface area (Å²) in [5.74, 6) is -1.18. The van der Waals surface area contributed by atoms with Gasteiger partial charge in [0.05, 0.1) is 0 Å². The van der Waals surface area contributed by atoms with Crippen LogP contribution in [-0.4, -0.2) is 17.1 Å². The maximum Gasteiger partial charge on any atom is 0.321 e. The molecular weight excluding hydrogens is 226 g/mol. The van der Waals surface area contributed by atoms with E-state index in [0.717, 1.165) is 21.9 Å². The van der Waals surface area contributed by atoms with E-state index in [4.69, 9.17) is 10.8 Å². The molecule has 18 heavy (non-hydrogen) atoms. The molecule has 94 valence electrons. The summed E-state index contributed by atoms with van der Waals surface area (Å²) in [4.78, 5) is 11.0. The van der Waals surface area contributed by atoms with E-state index in [2.05, 4.69) is 0 Å². The number of benzene rings is 2. The van der Waals surface area contributed by atoms with Crippen molar-refractivity contribution in [2.45, 2.75) is 25.8 Å². The predicted molar refractivity (Wildman–Crippen MR) is 72.7 cm³/mol. The fraction of sp³-hybridized carbons (Fsp3) is 0.267. The van der Waals surface area contributed by atoms with Gasteiger partial charge < -0.3 is 10.8 Å². The Kier molecular flexibility index (Phi) is 3.34. The molecule has 0 aliphatic heterocycles. The number of fused-ring (bicyclic) bond motifs is 1. The second kappa shape index (κ2) is 4.78. The number of nitrogens with two attached hydrogens (primary N) is 1. The van der Waals surface area contributed by atoms with Crippen LogP contribution in [0.15, 0.2) is 36.4 Å². The Balaban J connectivity index is 2.62. The predicted octanol–water partition coefficient (Wildman–Crippen LogP) is 2.66. The van der Waals surface area contributed by atoms with Gasteiger partial charge in [-0.3, -0.25) is 4.79 Å². The molecule has 0 saturated heterocycles. The minimum Gasteiger partial charge on any atom is -0.480 e. The summed E-state index contributed by atoms with van der Waals surface area (Å²) >= 11 is 0. The minimum atomic E-state index is -0.963. The monoisotopic (exact) mass is 243 g/mol. The van der Waals surface area contributed by atoms with Crippen molar-refractivity contribution >= 4 is 16.7 Å². The first-order valence-electron chi connectivity index (χ1n) is 5.99. The number of carboxylic acid groups (broad SMARTS) is 1. The molecule has 0 fully saturated rings. The van der Waals surface area contributed by atoms with Gasteiger partial charge in [0.25, 0.3) is 0 Å². The van der Waals surface area contributed by atoms with Crippen molar-refractivity contribution in [2.24, 2.45) is 5.73 Å². The lowest BCUT2D eigenvalue weighted by Crippen LogP contribution is -2.35. The smallest absolute Gasteiger partial charge is 0.321 e. The summed E-state index contributed by atoms with van der Waals surface area (Å²) in [6.07, 6.45) is 0. The molecule has 0 aliphatic rings. The number of hydrogen-bond donors (Lipinski definition) is 2. The number of aryl methyl sites for hydroxylation is 1. The highest BCUT2D eigenvalue weighted by atomic mass is 16.4. The number of carboxylic acids is 1. The van der Waals surface area contributed by atoms with Crippen LogP contribution in [0, 0.1) is 6.92 Å². The third-order valence-electron chi connectivity index (χ3n) is 3.47. The van der Waals surface area contributed by atoms with E-state index in [1.807, 2.05) is 50.2 Å². The van der Waals surface area contributed by atoms with Gasteiger partial charge in [-0.05, 0) is 28.8 Å². The standard InChI is InChI=1S/C15H17NO2/c1-9-7-8-11-5-3-4-6-12(11)13(9)10(2)14(16)15(17)18/h3-8,10,14H,16H2,1-2H3,(H,17,18). The van der Waals surface area contributed by atoms with Crippen LogP contribution >= 0.6 is 0 Å². The fourth-order valence-corrected chi connectivity index (χ4v) is 2.40. The maximum atomic E-state index is 11.0. The lowest BCUT2D eigenvalue weighted by atomic mass is 9.86. The summed E-state index contributed by atoms with van der Waals surface area (Å²) in [6, 6.07) is 11.2. The number of hydrogen-bond acceptors (Lipinski definition) is 2. The highest BCUT2D eigenvalue weighted by Crippen LogP contribution is 2.30. The quantitative estimate of drug-likeness (QED) is 0.871. The third kappa shape index (κ3) is 2.09. The average Bonchev–Trinajstić information content (AvgIpc) is 2.37. The third-order valence-corrected chi connectivity index (χ3v) is 3.47. The van der Waals surface area contributed by atoms with Crippen LogP contribution < -0.4 is 5.73 Å². The summed E-state index contributed by atoms with van der Waals surface area (Å²) in [6.45, 7) is 3.86. The zero-order valence-electron chi connectivity index (χ0n) is 10.6. The van der Waals surface area contributed by atoms with Crippen molar-refractivity contribution in [3.8, 4) is 0 Å². The van der Waals surface area contributed by atoms with Crippen molar-refractivity contribution in [1.29, 1.82) is 0 Å². The maximum absolute atomic E-state index is 11.0. The molecule has 2 rings (SSSR count). The molecular formula is C15H17NO2. The average molecular weight is 243 g/mol. The molecule has 3 nitrogen and oxygen atoms in total. The normalized spacial score (nSPS) is 14.4. The Hall–Kier alpha value is -1.87. The van der Waals surface area contributed by atoms with Gasteiger partial charge in [-0.1, -0.05) is 43.3 Å². The van der Waals surface area contributed by atoms with E-state index in [1.165, 1.54) is 0 Å². The second-order valence-electron chi connectivity index (χ2n) is 4.67. The molecule has 0 bridgehead atoms. The summed E-state index contributed by atoms with van der Waals surface area (Å²) < 4.78 is 0. The SMILES string of the molecule is Cc1ccc2ccccc2c1C(C)C(N)C(=O)O. The van der Waals surface area contributed by atoms with E-state index >= 15 is 0 Å². The topological polar surface area (TPSA) is 63.3 Å². The molecule has 0 aromatic heterocycles. The van der Waals surface area contributed by atoms with Gasteiger partial charge in [-0.2, -0.15) is 0 Å². The molecule has 0 heterocycles. The van der Waals surface area contributed by atoms with Crippen molar-refractivity contribution < 1.29 is 9.90 Å². The molecule has 0 saturated carbocycles. The van der Waals surface area contributed by atoms with Crippen molar-refractivity contribution in [2.75, 3.05) is 0 Å². The molecule has 2 aromatic carbocycles. The van der Waals surface area contributed by atoms with E-state index in [9.17, 15) is 4.79 Å². The molecule has 2 unspecified atom stereocenters. The van der Waals surface area contributed by atoms with Crippen LogP contribution in [0.2, 0.25) is 0 Å². The lowest BCUT2D eigenvalue weighted by Gasteiger charge is -2.20. The van der Waals surface area contributed by atoms with E-state index < -0.39 is 12.0 Å². The molecule has 3 N–H and O–H groups in total. The van der Waals surface area contributed by atoms with Crippen LogP contribution in [0.4, 0.5) is 0 Å². The van der Waals surface area contributed by atoms with Crippen LogP contribution in [0.5, 0.6) is 0 Å². The minimum absolute atomic E-state index is 0.214. The molecule has 0 spiro atoms. The molecule has 0 aliphatic carbocycles. The van der Waals surface area contributed by atoms with E-state index in [0.29, 0.717) is 0 Å². The molecule has 0 amide bonds. The van der Waals surface area contributed by atoms with Gasteiger partial charge in [-0.25, -0.2) is 0 Å². The Morgan fingerprint density at radius 3 is 2.56 bits per heavy atom. The van der Waals surface area contributed by atoms with Crippen molar-refractivity contribution in [1.82, 2.24) is 0 Å². The Bertz CT molecular complexity index is 592. The molecule has 2 aromatic rings. The first kappa shape index (κ1) is 12.6. The summed E-state index contributed by atoms with van der Waals surface area (Å²) in [7, 11) is 0. The van der Waals surface area contributed by atoms with E-state index in [-0.39, 0.29) is 5.92 Å². The van der Waals surface area contributed by atoms with Gasteiger partial charge in [0.15, 0.2) is 0 Å². The number of aliphatic carboxylic acids is 1. The summed E-state index contributed by atoms with van der Waals surface area (Å²) in [5.41, 5.74) is 7.86. The largest absolute Gasteiger partial charge is 0.480 e. The highest BCUT2D eigenvalue weighted by molar-refractivity contribution is 5.88. The Morgan fingerprint density at radius 2 is 1.89 bits per heavy atom. The Labute approximate surface area is 106 Å². The van der Waals surface area contributed by atoms with Crippen molar-refractivity contribution in [3.05, 3.63) is 47.5 Å². The molecule has 0 radical (unpaired) electrons. The van der Waals surface area contributed by atoms with Gasteiger partial charge in [-0.15, -0.1) is 0 Å². The van der Waals surface area contributed by atoms with Gasteiger partial charge in [0.2, 0.25) is 0 Å². The van der Waals surface area contributed by atoms with E-state index in [1.54, 1.807) is 0 Å². The second-order valence-corrected chi connectivity index (χ2v) is 4.67. The van der Waals surface area contributed by atoms with Crippen LogP contribution in [-0.2, 0) is 4.79 Å². The lowest BCUT2D eigenvalue weighted by molar-refractivity contribution is -0.138. The van der Waals surface area contributed by atoms with Crippen LogP contribution in [0.1, 0.15) is 24.0 Å². The zero-order valence-corrected chi connectivity index (χ0v) is 10.6. The zero-order chi connectivity index (χ0) is 13.3. The molecule has 3 heteroatoms. The first-order valence-corrected chi connectivity index (χ1v) is 5.99.